The van der Waals surface area contributed by atoms with E-state index in [0.717, 1.165) is 12.3 Å². The van der Waals surface area contributed by atoms with Crippen LogP contribution in [-0.2, 0) is 0 Å². The lowest BCUT2D eigenvalue weighted by Crippen LogP contribution is -2.37. The van der Waals surface area contributed by atoms with Crippen molar-refractivity contribution in [1.29, 1.82) is 0 Å². The van der Waals surface area contributed by atoms with Gasteiger partial charge in [0, 0.05) is 18.3 Å². The van der Waals surface area contributed by atoms with Gasteiger partial charge < -0.3 is 15.6 Å². The van der Waals surface area contributed by atoms with Gasteiger partial charge in [0.2, 0.25) is 0 Å². The van der Waals surface area contributed by atoms with Crippen LogP contribution in [0.1, 0.15) is 19.8 Å². The van der Waals surface area contributed by atoms with Crippen LogP contribution >= 0.6 is 0 Å². The molecule has 18 heavy (non-hydrogen) atoms. The van der Waals surface area contributed by atoms with E-state index in [-0.39, 0.29) is 0 Å². The van der Waals surface area contributed by atoms with Gasteiger partial charge in [-0.1, -0.05) is 0 Å². The van der Waals surface area contributed by atoms with Gasteiger partial charge in [-0.25, -0.2) is 0 Å². The Bertz CT molecular complexity index is 367. The molecule has 0 saturated carbocycles. The van der Waals surface area contributed by atoms with Crippen LogP contribution in [0, 0.1) is 0 Å². The Hall–Kier alpha value is -1.26. The molecule has 4 heteroatoms. The molecule has 0 radical (unpaired) electrons. The maximum Gasteiger partial charge on any atom is 0.119 e. The summed E-state index contributed by atoms with van der Waals surface area (Å²) < 4.78 is 5.54. The Labute approximate surface area is 108 Å². The van der Waals surface area contributed by atoms with Gasteiger partial charge in [-0.3, -0.25) is 4.90 Å². The average Bonchev–Trinajstić information content (AvgIpc) is 2.74. The number of hydrogen-bond donors (Lipinski definition) is 2. The number of nitrogen functional groups attached to an aromatic ring is 1. The van der Waals surface area contributed by atoms with Crippen LogP contribution in [0.2, 0.25) is 0 Å². The Morgan fingerprint density at radius 3 is 2.78 bits per heavy atom. The van der Waals surface area contributed by atoms with E-state index in [9.17, 15) is 5.11 Å². The number of benzene rings is 1. The van der Waals surface area contributed by atoms with E-state index in [1.165, 1.54) is 12.8 Å². The molecule has 100 valence electrons. The van der Waals surface area contributed by atoms with Crippen molar-refractivity contribution in [2.45, 2.75) is 31.9 Å². The fourth-order valence-corrected chi connectivity index (χ4v) is 2.34. The number of aliphatic hydroxyl groups excluding tert-OH is 1. The molecule has 1 aromatic rings. The number of rotatable bonds is 5. The number of nitrogens with zero attached hydrogens (tertiary/aromatic N) is 1. The largest absolute Gasteiger partial charge is 0.491 e. The van der Waals surface area contributed by atoms with Crippen molar-refractivity contribution in [2.75, 3.05) is 25.4 Å². The predicted molar refractivity (Wildman–Crippen MR) is 72.6 cm³/mol. The van der Waals surface area contributed by atoms with Gasteiger partial charge in [-0.15, -0.1) is 0 Å². The maximum absolute atomic E-state index is 9.95. The summed E-state index contributed by atoms with van der Waals surface area (Å²) in [5, 5.41) is 9.95. The van der Waals surface area contributed by atoms with E-state index >= 15 is 0 Å². The third-order valence-electron chi connectivity index (χ3n) is 3.46. The monoisotopic (exact) mass is 250 g/mol. The van der Waals surface area contributed by atoms with Gasteiger partial charge in [0.15, 0.2) is 0 Å². The Morgan fingerprint density at radius 2 is 2.17 bits per heavy atom. The summed E-state index contributed by atoms with van der Waals surface area (Å²) in [6, 6.07) is 7.81. The standard InChI is InChI=1S/C14H22N2O2/c1-11-3-2-8-16(11)9-13(17)10-18-14-6-4-12(15)5-7-14/h4-7,11,13,17H,2-3,8-10,15H2,1H3. The first kappa shape index (κ1) is 13.2. The predicted octanol–water partition coefficient (Wildman–Crippen LogP) is 1.49. The second-order valence-corrected chi connectivity index (χ2v) is 5.02. The molecule has 1 aliphatic rings. The molecule has 0 bridgehead atoms. The fourth-order valence-electron chi connectivity index (χ4n) is 2.34. The van der Waals surface area contributed by atoms with Crippen LogP contribution in [0.5, 0.6) is 5.75 Å². The lowest BCUT2D eigenvalue weighted by molar-refractivity contribution is 0.0662. The highest BCUT2D eigenvalue weighted by molar-refractivity contribution is 5.41. The van der Waals surface area contributed by atoms with E-state index in [4.69, 9.17) is 10.5 Å². The molecule has 3 N–H and O–H groups in total. The Kier molecular flexibility index (Phi) is 4.44. The number of hydrogen-bond acceptors (Lipinski definition) is 4. The van der Waals surface area contributed by atoms with Gasteiger partial charge in [0.05, 0.1) is 0 Å². The third kappa shape index (κ3) is 3.62. The smallest absolute Gasteiger partial charge is 0.119 e. The lowest BCUT2D eigenvalue weighted by Gasteiger charge is -2.24. The van der Waals surface area contributed by atoms with E-state index in [1.807, 2.05) is 12.1 Å². The SMILES string of the molecule is CC1CCCN1CC(O)COc1ccc(N)cc1. The number of likely N-dealkylation sites (tertiary alicyclic amines) is 1. The second-order valence-electron chi connectivity index (χ2n) is 5.02. The average molecular weight is 250 g/mol. The molecule has 0 spiro atoms. The van der Waals surface area contributed by atoms with Crippen LogP contribution in [0.3, 0.4) is 0 Å². The summed E-state index contributed by atoms with van der Waals surface area (Å²) in [6.45, 7) is 4.31. The zero-order chi connectivity index (χ0) is 13.0. The van der Waals surface area contributed by atoms with E-state index in [1.54, 1.807) is 12.1 Å². The lowest BCUT2D eigenvalue weighted by atomic mass is 10.2. The molecule has 0 amide bonds. The molecule has 4 nitrogen and oxygen atoms in total. The van der Waals surface area contributed by atoms with Crippen molar-refractivity contribution in [1.82, 2.24) is 4.90 Å². The van der Waals surface area contributed by atoms with Crippen molar-refractivity contribution >= 4 is 5.69 Å². The topological polar surface area (TPSA) is 58.7 Å². The van der Waals surface area contributed by atoms with Gasteiger partial charge >= 0.3 is 0 Å². The van der Waals surface area contributed by atoms with Crippen LogP contribution in [0.15, 0.2) is 24.3 Å². The number of aliphatic hydroxyl groups is 1. The molecule has 1 saturated heterocycles. The second kappa shape index (κ2) is 6.07. The quantitative estimate of drug-likeness (QED) is 0.777. The van der Waals surface area contributed by atoms with Crippen LogP contribution < -0.4 is 10.5 Å². The van der Waals surface area contributed by atoms with E-state index in [0.29, 0.717) is 24.9 Å². The molecule has 2 unspecified atom stereocenters. The summed E-state index contributed by atoms with van der Waals surface area (Å²) in [4.78, 5) is 2.32. The summed E-state index contributed by atoms with van der Waals surface area (Å²) in [6.07, 6.45) is 2.02. The van der Waals surface area contributed by atoms with Gasteiger partial charge in [0.25, 0.3) is 0 Å². The maximum atomic E-state index is 9.95. The molecule has 2 atom stereocenters. The highest BCUT2D eigenvalue weighted by Crippen LogP contribution is 2.17. The molecule has 1 fully saturated rings. The normalized spacial score (nSPS) is 22.0. The Morgan fingerprint density at radius 1 is 1.44 bits per heavy atom. The highest BCUT2D eigenvalue weighted by atomic mass is 16.5. The minimum absolute atomic E-state index is 0.327. The molecule has 1 aliphatic heterocycles. The number of anilines is 1. The van der Waals surface area contributed by atoms with Gasteiger partial charge in [-0.2, -0.15) is 0 Å². The molecular formula is C14H22N2O2. The van der Waals surface area contributed by atoms with Crippen LogP contribution in [-0.4, -0.2) is 41.8 Å². The summed E-state index contributed by atoms with van der Waals surface area (Å²) in [7, 11) is 0. The van der Waals surface area contributed by atoms with Gasteiger partial charge in [-0.05, 0) is 50.6 Å². The zero-order valence-electron chi connectivity index (χ0n) is 10.9. The minimum atomic E-state index is -0.442. The molecule has 0 aromatic heterocycles. The first-order valence-corrected chi connectivity index (χ1v) is 6.55. The number of nitrogens with two attached hydrogens (primary N) is 1. The number of β-amino-alcohol motifs (C(OH)–C–C–N with tert-alkyl or cyclic N) is 1. The molecular weight excluding hydrogens is 228 g/mol. The van der Waals surface area contributed by atoms with Gasteiger partial charge in [0.1, 0.15) is 18.5 Å². The first-order chi connectivity index (χ1) is 8.65. The molecule has 0 aliphatic carbocycles. The summed E-state index contributed by atoms with van der Waals surface area (Å²) in [5.74, 6) is 0.748. The Balaban J connectivity index is 1.74. The van der Waals surface area contributed by atoms with Crippen molar-refractivity contribution in [3.05, 3.63) is 24.3 Å². The summed E-state index contributed by atoms with van der Waals surface area (Å²) >= 11 is 0. The molecule has 1 aromatic carbocycles. The van der Waals surface area contributed by atoms with Crippen molar-refractivity contribution < 1.29 is 9.84 Å². The van der Waals surface area contributed by atoms with Crippen molar-refractivity contribution in [3.8, 4) is 5.75 Å². The van der Waals surface area contributed by atoms with Crippen molar-refractivity contribution in [3.63, 3.8) is 0 Å². The fraction of sp³-hybridized carbons (Fsp3) is 0.571. The summed E-state index contributed by atoms with van der Waals surface area (Å²) in [5.41, 5.74) is 6.31. The van der Waals surface area contributed by atoms with Crippen molar-refractivity contribution in [2.24, 2.45) is 0 Å². The zero-order valence-corrected chi connectivity index (χ0v) is 10.9. The minimum Gasteiger partial charge on any atom is -0.491 e. The van der Waals surface area contributed by atoms with E-state index in [2.05, 4.69) is 11.8 Å². The van der Waals surface area contributed by atoms with Crippen LogP contribution in [0.4, 0.5) is 5.69 Å². The molecule has 1 heterocycles. The number of ether oxygens (including phenoxy) is 1. The van der Waals surface area contributed by atoms with E-state index < -0.39 is 6.10 Å². The molecule has 2 rings (SSSR count). The first-order valence-electron chi connectivity index (χ1n) is 6.55. The highest BCUT2D eigenvalue weighted by Gasteiger charge is 2.22. The van der Waals surface area contributed by atoms with Crippen LogP contribution in [0.25, 0.3) is 0 Å². The third-order valence-corrected chi connectivity index (χ3v) is 3.46.